The van der Waals surface area contributed by atoms with Crippen LogP contribution in [-0.4, -0.2) is 17.3 Å². The number of rotatable bonds is 4. The van der Waals surface area contributed by atoms with E-state index in [0.717, 1.165) is 37.2 Å². The molecule has 1 fully saturated rings. The first-order valence-electron chi connectivity index (χ1n) is 4.56. The van der Waals surface area contributed by atoms with E-state index in [9.17, 15) is 4.79 Å². The topological polar surface area (TPSA) is 17.1 Å². The molecule has 1 aliphatic rings. The molecule has 0 aromatic carbocycles. The summed E-state index contributed by atoms with van der Waals surface area (Å²) in [6, 6.07) is 0. The van der Waals surface area contributed by atoms with Crippen molar-refractivity contribution in [3.8, 4) is 0 Å². The van der Waals surface area contributed by atoms with Gasteiger partial charge in [-0.15, -0.1) is 6.58 Å². The van der Waals surface area contributed by atoms with Gasteiger partial charge >= 0.3 is 0 Å². The van der Waals surface area contributed by atoms with Crippen LogP contribution in [0.2, 0.25) is 0 Å². The molecule has 0 aromatic rings. The molecule has 0 aromatic heterocycles. The predicted molar refractivity (Wildman–Crippen MR) is 54.5 cm³/mol. The molecule has 0 N–H and O–H groups in total. The average Bonchev–Trinajstić information content (AvgIpc) is 2.09. The van der Waals surface area contributed by atoms with Gasteiger partial charge in [-0.2, -0.15) is 11.8 Å². The van der Waals surface area contributed by atoms with Gasteiger partial charge in [0.25, 0.3) is 0 Å². The number of carbonyl (C=O) groups excluding carboxylic acids is 1. The van der Waals surface area contributed by atoms with Crippen LogP contribution in [-0.2, 0) is 4.79 Å². The van der Waals surface area contributed by atoms with Gasteiger partial charge in [-0.05, 0) is 19.3 Å². The van der Waals surface area contributed by atoms with Crippen molar-refractivity contribution in [3.63, 3.8) is 0 Å². The standard InChI is InChI=1S/C10H16OS/c1-2-3-4-5-9-8-12-7-6-10(9)11/h2,9H,1,3-8H2. The minimum Gasteiger partial charge on any atom is -0.299 e. The second kappa shape index (κ2) is 5.41. The summed E-state index contributed by atoms with van der Waals surface area (Å²) in [7, 11) is 0. The zero-order valence-electron chi connectivity index (χ0n) is 7.42. The maximum absolute atomic E-state index is 11.3. The minimum absolute atomic E-state index is 0.351. The van der Waals surface area contributed by atoms with Crippen molar-refractivity contribution in [2.24, 2.45) is 5.92 Å². The minimum atomic E-state index is 0.351. The van der Waals surface area contributed by atoms with Crippen LogP contribution in [0.4, 0.5) is 0 Å². The van der Waals surface area contributed by atoms with Gasteiger partial charge in [-0.25, -0.2) is 0 Å². The Morgan fingerprint density at radius 1 is 1.67 bits per heavy atom. The van der Waals surface area contributed by atoms with E-state index in [1.54, 1.807) is 0 Å². The van der Waals surface area contributed by atoms with Gasteiger partial charge in [0.05, 0.1) is 0 Å². The van der Waals surface area contributed by atoms with Crippen molar-refractivity contribution < 1.29 is 4.79 Å². The SMILES string of the molecule is C=CCCCC1CSCCC1=O. The molecule has 1 heterocycles. The molecule has 12 heavy (non-hydrogen) atoms. The van der Waals surface area contributed by atoms with Gasteiger partial charge in [-0.1, -0.05) is 6.08 Å². The van der Waals surface area contributed by atoms with Gasteiger partial charge in [0, 0.05) is 23.8 Å². The molecule has 1 nitrogen and oxygen atoms in total. The van der Waals surface area contributed by atoms with Crippen LogP contribution < -0.4 is 0 Å². The number of ketones is 1. The Balaban J connectivity index is 2.20. The molecule has 2 heteroatoms. The van der Waals surface area contributed by atoms with Gasteiger partial charge in [0.15, 0.2) is 0 Å². The summed E-state index contributed by atoms with van der Waals surface area (Å²) in [5, 5.41) is 0. The van der Waals surface area contributed by atoms with Crippen molar-refractivity contribution in [2.45, 2.75) is 25.7 Å². The van der Waals surface area contributed by atoms with Crippen LogP contribution in [0.5, 0.6) is 0 Å². The molecule has 1 saturated heterocycles. The molecule has 0 bridgehead atoms. The van der Waals surface area contributed by atoms with Crippen LogP contribution in [0.3, 0.4) is 0 Å². The van der Waals surface area contributed by atoms with E-state index >= 15 is 0 Å². The van der Waals surface area contributed by atoms with Crippen LogP contribution in [0, 0.1) is 5.92 Å². The lowest BCUT2D eigenvalue weighted by Gasteiger charge is -2.19. The second-order valence-corrected chi connectivity index (χ2v) is 4.36. The molecular weight excluding hydrogens is 168 g/mol. The van der Waals surface area contributed by atoms with Gasteiger partial charge in [0.1, 0.15) is 5.78 Å². The lowest BCUT2D eigenvalue weighted by molar-refractivity contribution is -0.122. The molecule has 0 spiro atoms. The zero-order valence-corrected chi connectivity index (χ0v) is 8.24. The first kappa shape index (κ1) is 9.85. The maximum Gasteiger partial charge on any atom is 0.137 e. The van der Waals surface area contributed by atoms with Crippen LogP contribution in [0.15, 0.2) is 12.7 Å². The second-order valence-electron chi connectivity index (χ2n) is 3.21. The average molecular weight is 184 g/mol. The first-order valence-corrected chi connectivity index (χ1v) is 5.71. The lowest BCUT2D eigenvalue weighted by Crippen LogP contribution is -2.22. The van der Waals surface area contributed by atoms with E-state index in [4.69, 9.17) is 0 Å². The van der Waals surface area contributed by atoms with E-state index in [1.165, 1.54) is 0 Å². The third kappa shape index (κ3) is 3.02. The molecule has 0 aliphatic carbocycles. The Morgan fingerprint density at radius 3 is 3.17 bits per heavy atom. The molecule has 0 saturated carbocycles. The van der Waals surface area contributed by atoms with E-state index in [0.29, 0.717) is 11.7 Å². The van der Waals surface area contributed by atoms with E-state index in [2.05, 4.69) is 6.58 Å². The number of Topliss-reactive ketones (excluding diaryl/α,β-unsaturated/α-hetero) is 1. The van der Waals surface area contributed by atoms with Crippen LogP contribution in [0.25, 0.3) is 0 Å². The van der Waals surface area contributed by atoms with Crippen molar-refractivity contribution in [2.75, 3.05) is 11.5 Å². The lowest BCUT2D eigenvalue weighted by atomic mass is 9.97. The van der Waals surface area contributed by atoms with E-state index < -0.39 is 0 Å². The summed E-state index contributed by atoms with van der Waals surface area (Å²) >= 11 is 1.92. The van der Waals surface area contributed by atoms with Crippen LogP contribution >= 0.6 is 11.8 Å². The van der Waals surface area contributed by atoms with Gasteiger partial charge < -0.3 is 0 Å². The van der Waals surface area contributed by atoms with Crippen LogP contribution in [0.1, 0.15) is 25.7 Å². The van der Waals surface area contributed by atoms with Crippen molar-refractivity contribution in [1.82, 2.24) is 0 Å². The highest BCUT2D eigenvalue weighted by atomic mass is 32.2. The fraction of sp³-hybridized carbons (Fsp3) is 0.700. The molecule has 0 radical (unpaired) electrons. The Kier molecular flexibility index (Phi) is 4.44. The fourth-order valence-corrected chi connectivity index (χ4v) is 2.60. The summed E-state index contributed by atoms with van der Waals surface area (Å²) in [6.07, 6.45) is 5.97. The van der Waals surface area contributed by atoms with Crippen molar-refractivity contribution in [1.29, 1.82) is 0 Å². The Hall–Kier alpha value is -0.240. The molecule has 1 rings (SSSR count). The Morgan fingerprint density at radius 2 is 2.50 bits per heavy atom. The molecule has 1 unspecified atom stereocenters. The fourth-order valence-electron chi connectivity index (χ4n) is 1.45. The summed E-state index contributed by atoms with van der Waals surface area (Å²) in [5.74, 6) is 2.92. The van der Waals surface area contributed by atoms with E-state index in [-0.39, 0.29) is 0 Å². The van der Waals surface area contributed by atoms with E-state index in [1.807, 2.05) is 17.8 Å². The normalized spacial score (nSPS) is 24.0. The quantitative estimate of drug-likeness (QED) is 0.493. The first-order chi connectivity index (χ1) is 5.84. The highest BCUT2D eigenvalue weighted by Gasteiger charge is 2.21. The highest BCUT2D eigenvalue weighted by molar-refractivity contribution is 7.99. The number of thioether (sulfide) groups is 1. The number of allylic oxidation sites excluding steroid dienone is 1. The summed E-state index contributed by atoms with van der Waals surface area (Å²) in [6.45, 7) is 3.67. The number of carbonyl (C=O) groups is 1. The smallest absolute Gasteiger partial charge is 0.137 e. The summed E-state index contributed by atoms with van der Waals surface area (Å²) in [4.78, 5) is 11.3. The number of hydrogen-bond acceptors (Lipinski definition) is 2. The molecular formula is C10H16OS. The van der Waals surface area contributed by atoms with Crippen molar-refractivity contribution in [3.05, 3.63) is 12.7 Å². The number of hydrogen-bond donors (Lipinski definition) is 0. The third-order valence-corrected chi connectivity index (χ3v) is 3.36. The molecule has 1 atom stereocenters. The monoisotopic (exact) mass is 184 g/mol. The summed E-state index contributed by atoms with van der Waals surface area (Å²) < 4.78 is 0. The number of unbranched alkanes of at least 4 members (excludes halogenated alkanes) is 1. The van der Waals surface area contributed by atoms with Gasteiger partial charge in [-0.3, -0.25) is 4.79 Å². The highest BCUT2D eigenvalue weighted by Crippen LogP contribution is 2.23. The predicted octanol–water partition coefficient (Wildman–Crippen LogP) is 2.66. The third-order valence-electron chi connectivity index (χ3n) is 2.23. The Labute approximate surface area is 78.6 Å². The van der Waals surface area contributed by atoms with Gasteiger partial charge in [0.2, 0.25) is 0 Å². The van der Waals surface area contributed by atoms with Crippen molar-refractivity contribution >= 4 is 17.5 Å². The summed E-state index contributed by atoms with van der Waals surface area (Å²) in [5.41, 5.74) is 0. The maximum atomic E-state index is 11.3. The molecule has 0 amide bonds. The largest absolute Gasteiger partial charge is 0.299 e. The Bertz CT molecular complexity index is 165. The zero-order chi connectivity index (χ0) is 8.81. The molecule has 1 aliphatic heterocycles. The molecule has 68 valence electrons.